The van der Waals surface area contributed by atoms with E-state index in [2.05, 4.69) is 0 Å². The maximum absolute atomic E-state index is 9.73. The predicted molar refractivity (Wildman–Crippen MR) is 25.0 cm³/mol. The molecule has 0 radical (unpaired) electrons. The molecule has 40 valence electrons. The Bertz CT molecular complexity index is 66.5. The van der Waals surface area contributed by atoms with Crippen molar-refractivity contribution < 1.29 is 9.53 Å². The number of hydrogen-bond acceptors (Lipinski definition) is 2. The largest absolute Gasteiger partial charge is 0.378 e. The summed E-state index contributed by atoms with van der Waals surface area (Å²) in [6.07, 6.45) is 2.82. The molecule has 0 N–H and O–H groups in total. The molecule has 2 heteroatoms. The summed E-state index contributed by atoms with van der Waals surface area (Å²) >= 11 is 0. The van der Waals surface area contributed by atoms with Gasteiger partial charge in [-0.25, -0.2) is 0 Å². The fourth-order valence-corrected chi connectivity index (χ4v) is 0.578. The predicted octanol–water partition coefficient (Wildman–Crippen LogP) is 0.364. The van der Waals surface area contributed by atoms with Gasteiger partial charge in [-0.05, 0) is 6.42 Å². The summed E-state index contributed by atoms with van der Waals surface area (Å²) in [6, 6.07) is 0. The lowest BCUT2D eigenvalue weighted by atomic mass is 10.1. The highest BCUT2D eigenvalue weighted by Gasteiger charge is 2.16. The molecule has 0 aromatic rings. The molecule has 0 saturated carbocycles. The van der Waals surface area contributed by atoms with Gasteiger partial charge in [-0.15, -0.1) is 0 Å². The summed E-state index contributed by atoms with van der Waals surface area (Å²) in [4.78, 5) is 9.73. The van der Waals surface area contributed by atoms with Crippen LogP contribution in [-0.2, 0) is 9.53 Å². The monoisotopic (exact) mass is 100 g/mol. The molecule has 7 heavy (non-hydrogen) atoms. The van der Waals surface area contributed by atoms with Crippen molar-refractivity contribution in [2.75, 3.05) is 6.61 Å². The van der Waals surface area contributed by atoms with Gasteiger partial charge in [-0.1, -0.05) is 0 Å². The highest BCUT2D eigenvalue weighted by molar-refractivity contribution is 5.50. The smallest absolute Gasteiger partial charge is 0.122 e. The van der Waals surface area contributed by atoms with Crippen LogP contribution in [0.5, 0.6) is 0 Å². The molecule has 2 nitrogen and oxygen atoms in total. The van der Waals surface area contributed by atoms with Crippen LogP contribution in [0.2, 0.25) is 0 Å². The van der Waals surface area contributed by atoms with E-state index >= 15 is 0 Å². The molecule has 1 atom stereocenters. The van der Waals surface area contributed by atoms with Crippen molar-refractivity contribution in [2.24, 2.45) is 0 Å². The number of hydrogen-bond donors (Lipinski definition) is 0. The number of aldehydes is 1. The minimum absolute atomic E-state index is 0.262. The fourth-order valence-electron chi connectivity index (χ4n) is 0.578. The fraction of sp³-hybridized carbons (Fsp3) is 0.800. The SMILES string of the molecule is O=CC[C@H]1CCO1. The van der Waals surface area contributed by atoms with Crippen molar-refractivity contribution in [1.29, 1.82) is 0 Å². The highest BCUT2D eigenvalue weighted by Crippen LogP contribution is 2.12. The molecule has 0 aromatic heterocycles. The van der Waals surface area contributed by atoms with Gasteiger partial charge in [0.15, 0.2) is 0 Å². The van der Waals surface area contributed by atoms with Crippen LogP contribution in [0, 0.1) is 0 Å². The van der Waals surface area contributed by atoms with Crippen molar-refractivity contribution in [3.63, 3.8) is 0 Å². The Morgan fingerprint density at radius 1 is 1.86 bits per heavy atom. The van der Waals surface area contributed by atoms with Crippen LogP contribution in [-0.4, -0.2) is 19.0 Å². The molecule has 1 aliphatic heterocycles. The van der Waals surface area contributed by atoms with E-state index in [1.807, 2.05) is 0 Å². The summed E-state index contributed by atoms with van der Waals surface area (Å²) < 4.78 is 4.94. The van der Waals surface area contributed by atoms with Crippen molar-refractivity contribution in [2.45, 2.75) is 18.9 Å². The van der Waals surface area contributed by atoms with Crippen LogP contribution in [0.15, 0.2) is 0 Å². The van der Waals surface area contributed by atoms with E-state index in [1.54, 1.807) is 0 Å². The van der Waals surface area contributed by atoms with Gasteiger partial charge >= 0.3 is 0 Å². The summed E-state index contributed by atoms with van der Waals surface area (Å²) in [6.45, 7) is 0.846. The first kappa shape index (κ1) is 4.78. The molecule has 0 unspecified atom stereocenters. The average molecular weight is 100 g/mol. The number of rotatable bonds is 2. The molecule has 0 spiro atoms. The summed E-state index contributed by atoms with van der Waals surface area (Å²) in [5.41, 5.74) is 0. The molecule has 1 saturated heterocycles. The van der Waals surface area contributed by atoms with Gasteiger partial charge in [-0.2, -0.15) is 0 Å². The Balaban J connectivity index is 2.03. The Hall–Kier alpha value is -0.370. The first-order valence-electron chi connectivity index (χ1n) is 2.48. The van der Waals surface area contributed by atoms with Crippen molar-refractivity contribution in [3.8, 4) is 0 Å². The lowest BCUT2D eigenvalue weighted by Gasteiger charge is -2.23. The van der Waals surface area contributed by atoms with Crippen LogP contribution in [0.3, 0.4) is 0 Å². The third kappa shape index (κ3) is 0.996. The Morgan fingerprint density at radius 2 is 2.57 bits per heavy atom. The molecule has 0 amide bonds. The lowest BCUT2D eigenvalue weighted by Crippen LogP contribution is -2.26. The summed E-state index contributed by atoms with van der Waals surface area (Å²) in [5.74, 6) is 0. The number of carbonyl (C=O) groups is 1. The van der Waals surface area contributed by atoms with Crippen molar-refractivity contribution >= 4 is 6.29 Å². The van der Waals surface area contributed by atoms with E-state index in [0.717, 1.165) is 19.3 Å². The van der Waals surface area contributed by atoms with E-state index in [-0.39, 0.29) is 6.10 Å². The Kier molecular flexibility index (Phi) is 1.42. The zero-order chi connectivity index (χ0) is 5.11. The molecule has 1 rings (SSSR count). The van der Waals surface area contributed by atoms with E-state index in [1.165, 1.54) is 0 Å². The molecule has 0 aliphatic carbocycles. The normalized spacial score (nSPS) is 28.9. The Labute approximate surface area is 42.5 Å². The van der Waals surface area contributed by atoms with Crippen LogP contribution < -0.4 is 0 Å². The second-order valence-electron chi connectivity index (χ2n) is 1.68. The summed E-state index contributed by atoms with van der Waals surface area (Å²) in [7, 11) is 0. The molecule has 1 fully saturated rings. The third-order valence-electron chi connectivity index (χ3n) is 1.15. The molecule has 1 heterocycles. The van der Waals surface area contributed by atoms with E-state index in [0.29, 0.717) is 6.42 Å². The van der Waals surface area contributed by atoms with Crippen LogP contribution >= 0.6 is 0 Å². The standard InChI is InChI=1S/C5H8O2/c6-3-1-5-2-4-7-5/h3,5H,1-2,4H2/t5-/m0/s1. The zero-order valence-electron chi connectivity index (χ0n) is 4.09. The molecular weight excluding hydrogens is 92.1 g/mol. The zero-order valence-corrected chi connectivity index (χ0v) is 4.09. The maximum atomic E-state index is 9.73. The second kappa shape index (κ2) is 2.07. The van der Waals surface area contributed by atoms with Gasteiger partial charge < -0.3 is 9.53 Å². The third-order valence-corrected chi connectivity index (χ3v) is 1.15. The quantitative estimate of drug-likeness (QED) is 0.468. The molecular formula is C5H8O2. The minimum Gasteiger partial charge on any atom is -0.378 e. The lowest BCUT2D eigenvalue weighted by molar-refractivity contribution is -0.115. The summed E-state index contributed by atoms with van der Waals surface area (Å²) in [5, 5.41) is 0. The second-order valence-corrected chi connectivity index (χ2v) is 1.68. The van der Waals surface area contributed by atoms with E-state index in [4.69, 9.17) is 4.74 Å². The van der Waals surface area contributed by atoms with Crippen LogP contribution in [0.4, 0.5) is 0 Å². The van der Waals surface area contributed by atoms with Gasteiger partial charge in [-0.3, -0.25) is 0 Å². The first-order chi connectivity index (χ1) is 3.43. The van der Waals surface area contributed by atoms with Crippen LogP contribution in [0.25, 0.3) is 0 Å². The molecule has 0 aromatic carbocycles. The Morgan fingerprint density at radius 3 is 2.71 bits per heavy atom. The molecule has 1 aliphatic rings. The van der Waals surface area contributed by atoms with Gasteiger partial charge in [0.25, 0.3) is 0 Å². The minimum atomic E-state index is 0.262. The van der Waals surface area contributed by atoms with E-state index < -0.39 is 0 Å². The van der Waals surface area contributed by atoms with Gasteiger partial charge in [0, 0.05) is 13.0 Å². The topological polar surface area (TPSA) is 26.3 Å². The average Bonchev–Trinajstić information content (AvgIpc) is 1.55. The van der Waals surface area contributed by atoms with Crippen LogP contribution in [0.1, 0.15) is 12.8 Å². The van der Waals surface area contributed by atoms with Gasteiger partial charge in [0.05, 0.1) is 6.10 Å². The van der Waals surface area contributed by atoms with Crippen molar-refractivity contribution in [1.82, 2.24) is 0 Å². The number of ether oxygens (including phenoxy) is 1. The van der Waals surface area contributed by atoms with E-state index in [9.17, 15) is 4.79 Å². The van der Waals surface area contributed by atoms with Gasteiger partial charge in [0.1, 0.15) is 6.29 Å². The maximum Gasteiger partial charge on any atom is 0.122 e. The highest BCUT2D eigenvalue weighted by atomic mass is 16.5. The first-order valence-corrected chi connectivity index (χ1v) is 2.48. The van der Waals surface area contributed by atoms with Crippen molar-refractivity contribution in [3.05, 3.63) is 0 Å². The molecule has 0 bridgehead atoms. The van der Waals surface area contributed by atoms with Gasteiger partial charge in [0.2, 0.25) is 0 Å². The number of carbonyl (C=O) groups excluding carboxylic acids is 1.